The molecule has 0 aromatic heterocycles. The Bertz CT molecular complexity index is 639. The van der Waals surface area contributed by atoms with Crippen LogP contribution in [0.5, 0.6) is 11.5 Å². The lowest BCUT2D eigenvalue weighted by Crippen LogP contribution is -1.92. The van der Waals surface area contributed by atoms with Gasteiger partial charge in [-0.1, -0.05) is 11.6 Å². The van der Waals surface area contributed by atoms with Crippen molar-refractivity contribution >= 4 is 11.6 Å². The van der Waals surface area contributed by atoms with Crippen LogP contribution >= 0.6 is 11.6 Å². The SMILES string of the molecule is COc1cc(C)c(-c2cc(Cl)c(F)cc2O)cc1C. The van der Waals surface area contributed by atoms with Crippen molar-refractivity contribution in [1.29, 1.82) is 0 Å². The number of hydrogen-bond acceptors (Lipinski definition) is 2. The summed E-state index contributed by atoms with van der Waals surface area (Å²) in [5.74, 6) is 0.00863. The van der Waals surface area contributed by atoms with Crippen LogP contribution in [0.3, 0.4) is 0 Å². The molecule has 2 aromatic rings. The summed E-state index contributed by atoms with van der Waals surface area (Å²) in [6.07, 6.45) is 0. The van der Waals surface area contributed by atoms with Crippen LogP contribution in [0.4, 0.5) is 4.39 Å². The molecule has 0 saturated carbocycles. The number of phenols is 1. The third-order valence-corrected chi connectivity index (χ3v) is 3.36. The number of rotatable bonds is 2. The Balaban J connectivity index is 2.65. The van der Waals surface area contributed by atoms with Crippen LogP contribution in [0.2, 0.25) is 5.02 Å². The summed E-state index contributed by atoms with van der Waals surface area (Å²) in [5.41, 5.74) is 3.16. The Kier molecular flexibility index (Phi) is 3.67. The van der Waals surface area contributed by atoms with Gasteiger partial charge in [0.15, 0.2) is 0 Å². The predicted molar refractivity (Wildman–Crippen MR) is 74.5 cm³/mol. The Morgan fingerprint density at radius 1 is 1.05 bits per heavy atom. The van der Waals surface area contributed by atoms with Gasteiger partial charge in [-0.15, -0.1) is 0 Å². The first-order valence-corrected chi connectivity index (χ1v) is 6.15. The lowest BCUT2D eigenvalue weighted by atomic mass is 9.97. The van der Waals surface area contributed by atoms with Gasteiger partial charge in [0.05, 0.1) is 12.1 Å². The highest BCUT2D eigenvalue weighted by Gasteiger charge is 2.13. The Morgan fingerprint density at radius 2 is 1.74 bits per heavy atom. The van der Waals surface area contributed by atoms with E-state index in [0.29, 0.717) is 5.56 Å². The fourth-order valence-corrected chi connectivity index (χ4v) is 2.22. The zero-order valence-electron chi connectivity index (χ0n) is 10.9. The molecule has 2 aromatic carbocycles. The van der Waals surface area contributed by atoms with Gasteiger partial charge in [-0.05, 0) is 48.7 Å². The molecule has 0 fully saturated rings. The molecule has 0 atom stereocenters. The van der Waals surface area contributed by atoms with Gasteiger partial charge in [0, 0.05) is 11.6 Å². The molecule has 0 aliphatic rings. The van der Waals surface area contributed by atoms with Gasteiger partial charge in [0.25, 0.3) is 0 Å². The molecule has 0 saturated heterocycles. The van der Waals surface area contributed by atoms with E-state index in [-0.39, 0.29) is 10.8 Å². The van der Waals surface area contributed by atoms with Crippen molar-refractivity contribution in [2.75, 3.05) is 7.11 Å². The largest absolute Gasteiger partial charge is 0.507 e. The summed E-state index contributed by atoms with van der Waals surface area (Å²) in [4.78, 5) is 0. The third kappa shape index (κ3) is 2.51. The molecule has 0 spiro atoms. The van der Waals surface area contributed by atoms with E-state index < -0.39 is 5.82 Å². The molecular weight excluding hydrogens is 267 g/mol. The van der Waals surface area contributed by atoms with Crippen molar-refractivity contribution < 1.29 is 14.2 Å². The molecule has 0 aliphatic carbocycles. The summed E-state index contributed by atoms with van der Waals surface area (Å²) in [7, 11) is 1.60. The standard InChI is InChI=1S/C15H14ClFO2/c1-8-5-15(19-3)9(2)4-10(8)11-6-12(16)13(17)7-14(11)18/h4-7,18H,1-3H3. The van der Waals surface area contributed by atoms with Crippen LogP contribution in [-0.2, 0) is 0 Å². The van der Waals surface area contributed by atoms with Crippen LogP contribution in [0.1, 0.15) is 11.1 Å². The monoisotopic (exact) mass is 280 g/mol. The maximum absolute atomic E-state index is 13.3. The Labute approximate surface area is 116 Å². The van der Waals surface area contributed by atoms with Crippen LogP contribution in [0, 0.1) is 19.7 Å². The minimum Gasteiger partial charge on any atom is -0.507 e. The quantitative estimate of drug-likeness (QED) is 0.879. The molecule has 0 radical (unpaired) electrons. The van der Waals surface area contributed by atoms with Gasteiger partial charge in [0.2, 0.25) is 0 Å². The van der Waals surface area contributed by atoms with Crippen molar-refractivity contribution in [1.82, 2.24) is 0 Å². The van der Waals surface area contributed by atoms with Crippen molar-refractivity contribution in [3.8, 4) is 22.6 Å². The molecule has 0 heterocycles. The number of methoxy groups -OCH3 is 1. The van der Waals surface area contributed by atoms with Gasteiger partial charge >= 0.3 is 0 Å². The first-order chi connectivity index (χ1) is 8.93. The molecule has 100 valence electrons. The molecule has 0 amide bonds. The number of aryl methyl sites for hydroxylation is 2. The lowest BCUT2D eigenvalue weighted by molar-refractivity contribution is 0.411. The smallest absolute Gasteiger partial charge is 0.145 e. The molecule has 4 heteroatoms. The number of halogens is 2. The average molecular weight is 281 g/mol. The van der Waals surface area contributed by atoms with E-state index in [2.05, 4.69) is 0 Å². The second-order valence-corrected chi connectivity index (χ2v) is 4.83. The first-order valence-electron chi connectivity index (χ1n) is 5.77. The van der Waals surface area contributed by atoms with E-state index in [9.17, 15) is 9.50 Å². The van der Waals surface area contributed by atoms with Crippen molar-refractivity contribution in [3.63, 3.8) is 0 Å². The summed E-state index contributed by atoms with van der Waals surface area (Å²) >= 11 is 5.78. The highest BCUT2D eigenvalue weighted by atomic mass is 35.5. The van der Waals surface area contributed by atoms with Gasteiger partial charge in [-0.2, -0.15) is 0 Å². The molecule has 0 aliphatic heterocycles. The molecular formula is C15H14ClFO2. The van der Waals surface area contributed by atoms with Gasteiger partial charge in [-0.3, -0.25) is 0 Å². The van der Waals surface area contributed by atoms with E-state index in [4.69, 9.17) is 16.3 Å². The van der Waals surface area contributed by atoms with E-state index in [1.807, 2.05) is 26.0 Å². The van der Waals surface area contributed by atoms with Crippen LogP contribution < -0.4 is 4.74 Å². The van der Waals surface area contributed by atoms with E-state index in [1.165, 1.54) is 6.07 Å². The lowest BCUT2D eigenvalue weighted by Gasteiger charge is -2.13. The van der Waals surface area contributed by atoms with Gasteiger partial charge < -0.3 is 9.84 Å². The predicted octanol–water partition coefficient (Wildman–Crippen LogP) is 4.48. The summed E-state index contributed by atoms with van der Waals surface area (Å²) in [6, 6.07) is 6.22. The summed E-state index contributed by atoms with van der Waals surface area (Å²) in [6.45, 7) is 3.80. The van der Waals surface area contributed by atoms with E-state index in [0.717, 1.165) is 28.5 Å². The maximum Gasteiger partial charge on any atom is 0.145 e. The molecule has 2 rings (SSSR count). The summed E-state index contributed by atoms with van der Waals surface area (Å²) in [5, 5.41) is 9.87. The molecule has 19 heavy (non-hydrogen) atoms. The third-order valence-electron chi connectivity index (χ3n) is 3.07. The highest BCUT2D eigenvalue weighted by molar-refractivity contribution is 6.31. The average Bonchev–Trinajstić information content (AvgIpc) is 2.36. The molecule has 2 nitrogen and oxygen atoms in total. The van der Waals surface area contributed by atoms with Gasteiger partial charge in [0.1, 0.15) is 17.3 Å². The minimum atomic E-state index is -0.634. The van der Waals surface area contributed by atoms with Crippen LogP contribution in [-0.4, -0.2) is 12.2 Å². The molecule has 0 bridgehead atoms. The number of benzene rings is 2. The topological polar surface area (TPSA) is 29.5 Å². The molecule has 0 unspecified atom stereocenters. The second kappa shape index (κ2) is 5.10. The minimum absolute atomic E-state index is 0.0133. The van der Waals surface area contributed by atoms with Crippen molar-refractivity contribution in [2.24, 2.45) is 0 Å². The van der Waals surface area contributed by atoms with E-state index >= 15 is 0 Å². The van der Waals surface area contributed by atoms with Crippen LogP contribution in [0.25, 0.3) is 11.1 Å². The second-order valence-electron chi connectivity index (χ2n) is 4.42. The zero-order valence-corrected chi connectivity index (χ0v) is 11.7. The fraction of sp³-hybridized carbons (Fsp3) is 0.200. The maximum atomic E-state index is 13.3. The van der Waals surface area contributed by atoms with E-state index in [1.54, 1.807) is 7.11 Å². The summed E-state index contributed by atoms with van der Waals surface area (Å²) < 4.78 is 18.5. The Hall–Kier alpha value is -1.74. The first kappa shape index (κ1) is 13.7. The normalized spacial score (nSPS) is 10.6. The van der Waals surface area contributed by atoms with Crippen LogP contribution in [0.15, 0.2) is 24.3 Å². The van der Waals surface area contributed by atoms with Crippen molar-refractivity contribution in [2.45, 2.75) is 13.8 Å². The van der Waals surface area contributed by atoms with Crippen molar-refractivity contribution in [3.05, 3.63) is 46.2 Å². The zero-order chi connectivity index (χ0) is 14.2. The molecule has 1 N–H and O–H groups in total. The number of hydrogen-bond donors (Lipinski definition) is 1. The number of ether oxygens (including phenoxy) is 1. The fourth-order valence-electron chi connectivity index (χ4n) is 2.05. The highest BCUT2D eigenvalue weighted by Crippen LogP contribution is 2.37. The van der Waals surface area contributed by atoms with Gasteiger partial charge in [-0.25, -0.2) is 4.39 Å². The number of phenolic OH excluding ortho intramolecular Hbond substituents is 1. The number of aromatic hydroxyl groups is 1. The Morgan fingerprint density at radius 3 is 2.37 bits per heavy atom.